The van der Waals surface area contributed by atoms with Gasteiger partial charge in [-0.25, -0.2) is 0 Å². The number of methoxy groups -OCH3 is 3. The molecule has 3 aromatic rings. The fourth-order valence-corrected chi connectivity index (χ4v) is 3.89. The van der Waals surface area contributed by atoms with Crippen molar-refractivity contribution in [2.24, 2.45) is 0 Å². The molecule has 0 aliphatic carbocycles. The summed E-state index contributed by atoms with van der Waals surface area (Å²) in [7, 11) is 4.02. The molecule has 8 heteroatoms. The molecule has 0 spiro atoms. The third-order valence-corrected chi connectivity index (χ3v) is 5.54. The van der Waals surface area contributed by atoms with Crippen LogP contribution in [0.25, 0.3) is 0 Å². The lowest BCUT2D eigenvalue weighted by Gasteiger charge is -2.20. The third-order valence-electron chi connectivity index (χ3n) is 5.54. The first-order valence-electron chi connectivity index (χ1n) is 10.9. The summed E-state index contributed by atoms with van der Waals surface area (Å²) in [6, 6.07) is 20.6. The Morgan fingerprint density at radius 3 is 2.12 bits per heavy atom. The molecule has 0 heterocycles. The summed E-state index contributed by atoms with van der Waals surface area (Å²) in [5.41, 5.74) is 1.48. The number of carbonyl (C=O) groups excluding carboxylic acids is 1. The monoisotopic (exact) mass is 464 g/mol. The Kier molecular flexibility index (Phi) is 8.45. The van der Waals surface area contributed by atoms with Crippen LogP contribution in [0.15, 0.2) is 66.7 Å². The van der Waals surface area contributed by atoms with Gasteiger partial charge in [0.2, 0.25) is 11.5 Å². The molecule has 0 saturated heterocycles. The molecule has 0 radical (unpaired) electrons. The fourth-order valence-electron chi connectivity index (χ4n) is 3.89. The van der Waals surface area contributed by atoms with E-state index in [1.54, 1.807) is 0 Å². The number of nitro benzene ring substituents is 1. The lowest BCUT2D eigenvalue weighted by molar-refractivity contribution is -0.386. The molecule has 1 atom stereocenters. The number of nitrogens with zero attached hydrogens (tertiary/aromatic N) is 1. The molecule has 1 amide bonds. The van der Waals surface area contributed by atoms with E-state index in [9.17, 15) is 14.9 Å². The molecule has 0 aliphatic rings. The maximum atomic E-state index is 13.4. The first-order valence-corrected chi connectivity index (χ1v) is 10.9. The molecule has 178 valence electrons. The van der Waals surface area contributed by atoms with Crippen LogP contribution in [0.4, 0.5) is 5.69 Å². The summed E-state index contributed by atoms with van der Waals surface area (Å²) in [6.07, 6.45) is 2.33. The molecular weight excluding hydrogens is 436 g/mol. The second-order valence-corrected chi connectivity index (χ2v) is 7.61. The van der Waals surface area contributed by atoms with Crippen LogP contribution in [0.3, 0.4) is 0 Å². The quantitative estimate of drug-likeness (QED) is 0.312. The van der Waals surface area contributed by atoms with Crippen molar-refractivity contribution < 1.29 is 23.9 Å². The number of carbonyl (C=O) groups is 1. The number of amides is 1. The van der Waals surface area contributed by atoms with Crippen LogP contribution >= 0.6 is 0 Å². The summed E-state index contributed by atoms with van der Waals surface area (Å²) >= 11 is 0. The van der Waals surface area contributed by atoms with E-state index in [-0.39, 0.29) is 28.9 Å². The number of nitro groups is 1. The molecule has 3 aromatic carbocycles. The van der Waals surface area contributed by atoms with Gasteiger partial charge in [-0.15, -0.1) is 0 Å². The van der Waals surface area contributed by atoms with E-state index in [1.807, 2.05) is 48.5 Å². The number of ether oxygens (including phenoxy) is 3. The summed E-state index contributed by atoms with van der Waals surface area (Å²) in [5, 5.41) is 14.9. The van der Waals surface area contributed by atoms with Crippen LogP contribution in [0, 0.1) is 10.1 Å². The van der Waals surface area contributed by atoms with Crippen molar-refractivity contribution in [3.63, 3.8) is 0 Å². The molecule has 0 saturated carbocycles. The lowest BCUT2D eigenvalue weighted by atomic mass is 9.98. The summed E-state index contributed by atoms with van der Waals surface area (Å²) in [6.45, 7) is 0. The average Bonchev–Trinajstić information content (AvgIpc) is 2.87. The zero-order valence-electron chi connectivity index (χ0n) is 19.4. The molecule has 0 bridgehead atoms. The number of rotatable bonds is 11. The molecule has 1 unspecified atom stereocenters. The summed E-state index contributed by atoms with van der Waals surface area (Å²) in [5.74, 6) is -0.553. The van der Waals surface area contributed by atoms with Crippen LogP contribution in [0.1, 0.15) is 40.4 Å². The smallest absolute Gasteiger partial charge is 0.327 e. The number of hydrogen-bond acceptors (Lipinski definition) is 6. The van der Waals surface area contributed by atoms with E-state index in [4.69, 9.17) is 14.2 Å². The zero-order chi connectivity index (χ0) is 24.5. The Labute approximate surface area is 198 Å². The van der Waals surface area contributed by atoms with Gasteiger partial charge in [0.1, 0.15) is 5.56 Å². The van der Waals surface area contributed by atoms with Crippen molar-refractivity contribution in [1.82, 2.24) is 5.32 Å². The average molecular weight is 465 g/mol. The lowest BCUT2D eigenvalue weighted by Crippen LogP contribution is -2.29. The standard InChI is InChI=1S/C26H28N2O6/c1-32-22-17-20(23(28(30)31)25(34-3)24(22)33-2)26(29)27-21(19-14-8-5-9-15-19)16-10-13-18-11-6-4-7-12-18/h4-9,11-12,14-15,17,21H,10,13,16H2,1-3H3,(H,27,29). The summed E-state index contributed by atoms with van der Waals surface area (Å²) in [4.78, 5) is 24.6. The predicted molar refractivity (Wildman–Crippen MR) is 129 cm³/mol. The minimum Gasteiger partial charge on any atom is -0.493 e. The van der Waals surface area contributed by atoms with Crippen LogP contribution in [-0.2, 0) is 6.42 Å². The van der Waals surface area contributed by atoms with Gasteiger partial charge in [-0.2, -0.15) is 0 Å². The Balaban J connectivity index is 1.92. The van der Waals surface area contributed by atoms with Crippen molar-refractivity contribution in [3.05, 3.63) is 93.5 Å². The van der Waals surface area contributed by atoms with Crippen LogP contribution < -0.4 is 19.5 Å². The van der Waals surface area contributed by atoms with Gasteiger partial charge in [-0.05, 0) is 30.4 Å². The highest BCUT2D eigenvalue weighted by Crippen LogP contribution is 2.46. The number of nitrogens with one attached hydrogen (secondary N) is 1. The van der Waals surface area contributed by atoms with E-state index < -0.39 is 16.5 Å². The predicted octanol–water partition coefficient (Wildman–Crippen LogP) is 5.11. The minimum atomic E-state index is -0.650. The molecule has 0 aliphatic heterocycles. The van der Waals surface area contributed by atoms with Crippen molar-refractivity contribution in [3.8, 4) is 17.2 Å². The normalized spacial score (nSPS) is 11.4. The number of aryl methyl sites for hydroxylation is 1. The van der Waals surface area contributed by atoms with Gasteiger partial charge in [-0.3, -0.25) is 14.9 Å². The SMILES string of the molecule is COc1cc(C(=O)NC(CCCc2ccccc2)c2ccccc2)c([N+](=O)[O-])c(OC)c1OC. The first-order chi connectivity index (χ1) is 16.5. The highest BCUT2D eigenvalue weighted by atomic mass is 16.6. The summed E-state index contributed by atoms with van der Waals surface area (Å²) < 4.78 is 15.8. The van der Waals surface area contributed by atoms with Crippen molar-refractivity contribution in [2.45, 2.75) is 25.3 Å². The van der Waals surface area contributed by atoms with Crippen LogP contribution in [-0.4, -0.2) is 32.2 Å². The first kappa shape index (κ1) is 24.6. The second kappa shape index (κ2) is 11.7. The molecule has 0 aromatic heterocycles. The zero-order valence-corrected chi connectivity index (χ0v) is 19.4. The van der Waals surface area contributed by atoms with Crippen molar-refractivity contribution in [1.29, 1.82) is 0 Å². The molecular formula is C26H28N2O6. The molecule has 8 nitrogen and oxygen atoms in total. The van der Waals surface area contributed by atoms with E-state index in [1.165, 1.54) is 33.0 Å². The Hall–Kier alpha value is -4.07. The van der Waals surface area contributed by atoms with E-state index in [2.05, 4.69) is 17.4 Å². The van der Waals surface area contributed by atoms with Crippen molar-refractivity contribution >= 4 is 11.6 Å². The maximum Gasteiger partial charge on any atom is 0.327 e. The second-order valence-electron chi connectivity index (χ2n) is 7.61. The Bertz CT molecular complexity index is 1120. The van der Waals surface area contributed by atoms with E-state index >= 15 is 0 Å². The van der Waals surface area contributed by atoms with Gasteiger partial charge in [0.15, 0.2) is 5.75 Å². The van der Waals surface area contributed by atoms with Crippen molar-refractivity contribution in [2.75, 3.05) is 21.3 Å². The van der Waals surface area contributed by atoms with Crippen LogP contribution in [0.2, 0.25) is 0 Å². The molecule has 1 N–H and O–H groups in total. The van der Waals surface area contributed by atoms with Gasteiger partial charge in [-0.1, -0.05) is 60.7 Å². The number of benzene rings is 3. The minimum absolute atomic E-state index is 0.0516. The molecule has 3 rings (SSSR count). The maximum absolute atomic E-state index is 13.4. The highest BCUT2D eigenvalue weighted by Gasteiger charge is 2.33. The van der Waals surface area contributed by atoms with Gasteiger partial charge >= 0.3 is 5.69 Å². The van der Waals surface area contributed by atoms with Gasteiger partial charge < -0.3 is 19.5 Å². The van der Waals surface area contributed by atoms with E-state index in [0.29, 0.717) is 6.42 Å². The van der Waals surface area contributed by atoms with Gasteiger partial charge in [0, 0.05) is 6.07 Å². The van der Waals surface area contributed by atoms with Gasteiger partial charge in [0.25, 0.3) is 5.91 Å². The third kappa shape index (κ3) is 5.64. The topological polar surface area (TPSA) is 99.9 Å². The molecule has 34 heavy (non-hydrogen) atoms. The molecule has 0 fully saturated rings. The highest BCUT2D eigenvalue weighted by molar-refractivity contribution is 6.00. The largest absolute Gasteiger partial charge is 0.493 e. The Morgan fingerprint density at radius 2 is 1.56 bits per heavy atom. The Morgan fingerprint density at radius 1 is 0.941 bits per heavy atom. The fraction of sp³-hybridized carbons (Fsp3) is 0.269. The number of hydrogen-bond donors (Lipinski definition) is 1. The van der Waals surface area contributed by atoms with Gasteiger partial charge in [0.05, 0.1) is 32.3 Å². The van der Waals surface area contributed by atoms with E-state index in [0.717, 1.165) is 18.4 Å². The van der Waals surface area contributed by atoms with Crippen LogP contribution in [0.5, 0.6) is 17.2 Å².